The molecule has 2 aromatic rings. The van der Waals surface area contributed by atoms with E-state index in [1.165, 1.54) is 0 Å². The molecule has 0 aliphatic carbocycles. The number of nitrogens with two attached hydrogens (primary N) is 1. The van der Waals surface area contributed by atoms with Gasteiger partial charge in [0.1, 0.15) is 6.07 Å². The standard InChI is InChI=1S/C12H11N3/c1-9-2-3-12(11(14)6-9)15-5-4-10(7-13)8-15/h2-6,8H,14H2,1H3. The highest BCUT2D eigenvalue weighted by Crippen LogP contribution is 2.19. The van der Waals surface area contributed by atoms with Crippen molar-refractivity contribution < 1.29 is 0 Å². The van der Waals surface area contributed by atoms with Crippen molar-refractivity contribution in [3.63, 3.8) is 0 Å². The van der Waals surface area contributed by atoms with Crippen LogP contribution in [-0.4, -0.2) is 4.57 Å². The molecule has 0 atom stereocenters. The Bertz CT molecular complexity index is 532. The van der Waals surface area contributed by atoms with E-state index in [9.17, 15) is 0 Å². The molecule has 0 saturated carbocycles. The van der Waals surface area contributed by atoms with Gasteiger partial charge < -0.3 is 10.3 Å². The van der Waals surface area contributed by atoms with E-state index in [-0.39, 0.29) is 0 Å². The Morgan fingerprint density at radius 1 is 1.33 bits per heavy atom. The van der Waals surface area contributed by atoms with Gasteiger partial charge in [-0.3, -0.25) is 0 Å². The smallest absolute Gasteiger partial charge is 0.101 e. The third kappa shape index (κ3) is 1.70. The van der Waals surface area contributed by atoms with Gasteiger partial charge in [0.2, 0.25) is 0 Å². The molecule has 0 radical (unpaired) electrons. The van der Waals surface area contributed by atoms with Crippen LogP contribution in [0.4, 0.5) is 5.69 Å². The molecule has 1 aromatic heterocycles. The van der Waals surface area contributed by atoms with Crippen molar-refractivity contribution in [2.75, 3.05) is 5.73 Å². The lowest BCUT2D eigenvalue weighted by atomic mass is 10.2. The number of aryl methyl sites for hydroxylation is 1. The van der Waals surface area contributed by atoms with Crippen molar-refractivity contribution in [3.8, 4) is 11.8 Å². The number of nitrogens with zero attached hydrogens (tertiary/aromatic N) is 2. The molecular weight excluding hydrogens is 186 g/mol. The summed E-state index contributed by atoms with van der Waals surface area (Å²) in [6.45, 7) is 2.00. The van der Waals surface area contributed by atoms with E-state index in [0.29, 0.717) is 5.56 Å². The van der Waals surface area contributed by atoms with Crippen molar-refractivity contribution >= 4 is 5.69 Å². The van der Waals surface area contributed by atoms with E-state index in [0.717, 1.165) is 16.9 Å². The van der Waals surface area contributed by atoms with Gasteiger partial charge in [0, 0.05) is 12.4 Å². The lowest BCUT2D eigenvalue weighted by molar-refractivity contribution is 1.08. The fraction of sp³-hybridized carbons (Fsp3) is 0.0833. The van der Waals surface area contributed by atoms with Crippen LogP contribution in [0.5, 0.6) is 0 Å². The number of benzene rings is 1. The van der Waals surface area contributed by atoms with E-state index in [1.807, 2.05) is 35.9 Å². The molecule has 2 rings (SSSR count). The fourth-order valence-electron chi connectivity index (χ4n) is 1.52. The SMILES string of the molecule is Cc1ccc(-n2ccc(C#N)c2)c(N)c1. The Kier molecular flexibility index (Phi) is 2.18. The van der Waals surface area contributed by atoms with Gasteiger partial charge in [-0.15, -0.1) is 0 Å². The predicted molar refractivity (Wildman–Crippen MR) is 59.6 cm³/mol. The maximum Gasteiger partial charge on any atom is 0.101 e. The summed E-state index contributed by atoms with van der Waals surface area (Å²) in [4.78, 5) is 0. The summed E-state index contributed by atoms with van der Waals surface area (Å²) in [5, 5.41) is 8.72. The molecule has 0 aliphatic heterocycles. The average molecular weight is 197 g/mol. The summed E-state index contributed by atoms with van der Waals surface area (Å²) >= 11 is 0. The quantitative estimate of drug-likeness (QED) is 0.713. The molecule has 74 valence electrons. The molecule has 15 heavy (non-hydrogen) atoms. The van der Waals surface area contributed by atoms with Crippen LogP contribution in [0.25, 0.3) is 5.69 Å². The molecule has 1 aromatic carbocycles. The Labute approximate surface area is 88.4 Å². The summed E-state index contributed by atoms with van der Waals surface area (Å²) in [5.41, 5.74) is 9.29. The molecule has 2 N–H and O–H groups in total. The lowest BCUT2D eigenvalue weighted by Gasteiger charge is -2.07. The van der Waals surface area contributed by atoms with Crippen LogP contribution in [-0.2, 0) is 0 Å². The fourth-order valence-corrected chi connectivity index (χ4v) is 1.52. The van der Waals surface area contributed by atoms with E-state index in [1.54, 1.807) is 12.3 Å². The molecular formula is C12H11N3. The first kappa shape index (κ1) is 9.35. The molecule has 3 heteroatoms. The summed E-state index contributed by atoms with van der Waals surface area (Å²) in [6.07, 6.45) is 3.60. The number of anilines is 1. The number of hydrogen-bond donors (Lipinski definition) is 1. The number of aromatic nitrogens is 1. The van der Waals surface area contributed by atoms with Gasteiger partial charge in [-0.1, -0.05) is 6.07 Å². The maximum absolute atomic E-state index is 8.72. The lowest BCUT2D eigenvalue weighted by Crippen LogP contribution is -1.97. The number of nitriles is 1. The predicted octanol–water partition coefficient (Wildman–Crippen LogP) is 2.24. The van der Waals surface area contributed by atoms with Gasteiger partial charge in [0.25, 0.3) is 0 Å². The molecule has 0 saturated heterocycles. The van der Waals surface area contributed by atoms with Crippen LogP contribution in [0, 0.1) is 18.3 Å². The molecule has 0 spiro atoms. The first-order chi connectivity index (χ1) is 7.20. The van der Waals surface area contributed by atoms with Crippen molar-refractivity contribution in [2.45, 2.75) is 6.92 Å². The zero-order valence-corrected chi connectivity index (χ0v) is 8.44. The van der Waals surface area contributed by atoms with Crippen LogP contribution in [0.1, 0.15) is 11.1 Å². The second kappa shape index (κ2) is 3.50. The van der Waals surface area contributed by atoms with Crippen molar-refractivity contribution in [3.05, 3.63) is 47.8 Å². The third-order valence-electron chi connectivity index (χ3n) is 2.28. The minimum atomic E-state index is 0.634. The number of hydrogen-bond acceptors (Lipinski definition) is 2. The molecule has 0 bridgehead atoms. The summed E-state index contributed by atoms with van der Waals surface area (Å²) in [7, 11) is 0. The van der Waals surface area contributed by atoms with Gasteiger partial charge in [0.05, 0.1) is 16.9 Å². The molecule has 1 heterocycles. The normalized spacial score (nSPS) is 9.87. The highest BCUT2D eigenvalue weighted by molar-refractivity contribution is 5.59. The van der Waals surface area contributed by atoms with Crippen LogP contribution < -0.4 is 5.73 Å². The third-order valence-corrected chi connectivity index (χ3v) is 2.28. The summed E-state index contributed by atoms with van der Waals surface area (Å²) in [6, 6.07) is 9.72. The minimum Gasteiger partial charge on any atom is -0.397 e. The number of rotatable bonds is 1. The highest BCUT2D eigenvalue weighted by Gasteiger charge is 2.02. The Morgan fingerprint density at radius 2 is 2.13 bits per heavy atom. The minimum absolute atomic E-state index is 0.634. The topological polar surface area (TPSA) is 54.7 Å². The zero-order valence-electron chi connectivity index (χ0n) is 8.44. The molecule has 0 aliphatic rings. The van der Waals surface area contributed by atoms with E-state index in [4.69, 9.17) is 11.0 Å². The largest absolute Gasteiger partial charge is 0.397 e. The maximum atomic E-state index is 8.72. The van der Waals surface area contributed by atoms with Crippen LogP contribution in [0.2, 0.25) is 0 Å². The van der Waals surface area contributed by atoms with Crippen LogP contribution >= 0.6 is 0 Å². The van der Waals surface area contributed by atoms with Gasteiger partial charge in [-0.2, -0.15) is 5.26 Å². The monoisotopic (exact) mass is 197 g/mol. The summed E-state index contributed by atoms with van der Waals surface area (Å²) < 4.78 is 1.85. The van der Waals surface area contributed by atoms with Crippen LogP contribution in [0.3, 0.4) is 0 Å². The van der Waals surface area contributed by atoms with Gasteiger partial charge >= 0.3 is 0 Å². The Hall–Kier alpha value is -2.21. The Morgan fingerprint density at radius 3 is 2.73 bits per heavy atom. The van der Waals surface area contributed by atoms with Crippen LogP contribution in [0.15, 0.2) is 36.7 Å². The molecule has 0 unspecified atom stereocenters. The van der Waals surface area contributed by atoms with E-state index >= 15 is 0 Å². The molecule has 0 fully saturated rings. The van der Waals surface area contributed by atoms with Gasteiger partial charge in [-0.25, -0.2) is 0 Å². The first-order valence-corrected chi connectivity index (χ1v) is 4.65. The molecule has 3 nitrogen and oxygen atoms in total. The van der Waals surface area contributed by atoms with E-state index in [2.05, 4.69) is 6.07 Å². The average Bonchev–Trinajstić information content (AvgIpc) is 2.66. The van der Waals surface area contributed by atoms with Crippen molar-refractivity contribution in [1.29, 1.82) is 5.26 Å². The summed E-state index contributed by atoms with van der Waals surface area (Å²) in [5.74, 6) is 0. The Balaban J connectivity index is 2.50. The second-order valence-electron chi connectivity index (χ2n) is 3.48. The van der Waals surface area contributed by atoms with E-state index < -0.39 is 0 Å². The van der Waals surface area contributed by atoms with Gasteiger partial charge in [0.15, 0.2) is 0 Å². The highest BCUT2D eigenvalue weighted by atomic mass is 15.0. The zero-order chi connectivity index (χ0) is 10.8. The van der Waals surface area contributed by atoms with Crippen molar-refractivity contribution in [1.82, 2.24) is 4.57 Å². The molecule has 0 amide bonds. The second-order valence-corrected chi connectivity index (χ2v) is 3.48. The van der Waals surface area contributed by atoms with Gasteiger partial charge in [-0.05, 0) is 30.7 Å². The first-order valence-electron chi connectivity index (χ1n) is 4.65. The van der Waals surface area contributed by atoms with Crippen molar-refractivity contribution in [2.24, 2.45) is 0 Å². The number of nitrogen functional groups attached to an aromatic ring is 1.